The Morgan fingerprint density at radius 3 is 2.51 bits per heavy atom. The van der Waals surface area contributed by atoms with Gasteiger partial charge in [-0.15, -0.1) is 0 Å². The van der Waals surface area contributed by atoms with Gasteiger partial charge in [0.2, 0.25) is 11.8 Å². The van der Waals surface area contributed by atoms with E-state index in [1.807, 2.05) is 26.0 Å². The molecule has 0 unspecified atom stereocenters. The number of anilines is 1. The number of carbonyl (C=O) groups is 4. The van der Waals surface area contributed by atoms with Crippen LogP contribution < -0.4 is 19.7 Å². The number of esters is 1. The average Bonchev–Trinajstić information content (AvgIpc) is 3.48. The molecule has 3 atom stereocenters. The topological polar surface area (TPSA) is 137 Å². The summed E-state index contributed by atoms with van der Waals surface area (Å²) in [4.78, 5) is 60.7. The molecular weight excluding hydrogens is 604 g/mol. The molecule has 1 saturated heterocycles. The summed E-state index contributed by atoms with van der Waals surface area (Å²) < 4.78 is 23.3. The van der Waals surface area contributed by atoms with E-state index in [-0.39, 0.29) is 42.7 Å². The van der Waals surface area contributed by atoms with Gasteiger partial charge in [0.1, 0.15) is 35.5 Å². The molecule has 0 radical (unpaired) electrons. The monoisotopic (exact) mass is 652 g/mol. The molecule has 256 valence electrons. The predicted molar refractivity (Wildman–Crippen MR) is 175 cm³/mol. The molecular formula is C35H48N4O8. The average molecular weight is 653 g/mol. The fourth-order valence-electron chi connectivity index (χ4n) is 7.02. The highest BCUT2D eigenvalue weighted by Gasteiger charge is 2.46. The summed E-state index contributed by atoms with van der Waals surface area (Å²) in [6.45, 7) is 5.85. The maximum atomic E-state index is 14.3. The van der Waals surface area contributed by atoms with E-state index in [4.69, 9.17) is 23.9 Å². The molecule has 1 aromatic carbocycles. The van der Waals surface area contributed by atoms with E-state index in [1.54, 1.807) is 20.2 Å². The van der Waals surface area contributed by atoms with Crippen molar-refractivity contribution in [2.24, 2.45) is 11.3 Å². The Bertz CT molecular complexity index is 1500. The highest BCUT2D eigenvalue weighted by Crippen LogP contribution is 2.38. The molecule has 47 heavy (non-hydrogen) atoms. The maximum absolute atomic E-state index is 14.3. The number of nitrogens with one attached hydrogen (secondary N) is 1. The first-order chi connectivity index (χ1) is 22.4. The van der Waals surface area contributed by atoms with Gasteiger partial charge >= 0.3 is 12.1 Å². The summed E-state index contributed by atoms with van der Waals surface area (Å²) in [6.07, 6.45) is 5.83. The van der Waals surface area contributed by atoms with Gasteiger partial charge in [0, 0.05) is 37.9 Å². The van der Waals surface area contributed by atoms with E-state index in [2.05, 4.69) is 5.32 Å². The van der Waals surface area contributed by atoms with E-state index in [0.29, 0.717) is 29.3 Å². The standard InChI is InChI=1S/C35H48N4O8/c1-21(40)38(4)30-18-29-25-15-23(28(44-5)17-26(25)36-30)13-10-14-35(2,3)20-46-34(43)37-31(22-11-8-7-9-12-22)32(41)39-19-24(47-29)16-27(39)33(42)45-6/h15,17-18,22,24,27,31H,7-14,16,19-20H2,1-6H3,(H,37,43)/t24-,27+,31+/m1/s1. The van der Waals surface area contributed by atoms with E-state index in [0.717, 1.165) is 55.9 Å². The molecule has 5 rings (SSSR count). The number of aromatic nitrogens is 1. The van der Waals surface area contributed by atoms with Crippen molar-refractivity contribution in [1.82, 2.24) is 15.2 Å². The van der Waals surface area contributed by atoms with Gasteiger partial charge in [-0.2, -0.15) is 0 Å². The summed E-state index contributed by atoms with van der Waals surface area (Å²) in [7, 11) is 4.55. The lowest BCUT2D eigenvalue weighted by Gasteiger charge is -2.34. The van der Waals surface area contributed by atoms with Crippen molar-refractivity contribution in [1.29, 1.82) is 0 Å². The second kappa shape index (κ2) is 14.4. The second-order valence-corrected chi connectivity index (χ2v) is 13.9. The summed E-state index contributed by atoms with van der Waals surface area (Å²) in [5.74, 6) is 0.371. The number of methoxy groups -OCH3 is 2. The molecule has 0 spiro atoms. The first-order valence-corrected chi connectivity index (χ1v) is 16.6. The van der Waals surface area contributed by atoms with Gasteiger partial charge in [0.25, 0.3) is 0 Å². The van der Waals surface area contributed by atoms with Crippen molar-refractivity contribution in [3.63, 3.8) is 0 Å². The SMILES string of the molecule is COC(=O)[C@@H]1C[C@@H]2CN1C(=O)[C@H](C1CCCCC1)NC(=O)OCC(C)(C)CCCc1cc3c(cc(N(C)C(C)=O)nc3cc1OC)O2. The zero-order valence-corrected chi connectivity index (χ0v) is 28.4. The summed E-state index contributed by atoms with van der Waals surface area (Å²) in [5.41, 5.74) is 1.22. The number of hydrogen-bond acceptors (Lipinski definition) is 9. The Morgan fingerprint density at radius 1 is 1.09 bits per heavy atom. The molecule has 1 aliphatic carbocycles. The minimum atomic E-state index is -0.898. The summed E-state index contributed by atoms with van der Waals surface area (Å²) in [6, 6.07) is 3.83. The van der Waals surface area contributed by atoms with Crippen LogP contribution in [0.25, 0.3) is 10.9 Å². The number of carbonyl (C=O) groups excluding carboxylic acids is 4. The third-order valence-corrected chi connectivity index (χ3v) is 9.84. The molecule has 3 aliphatic rings. The Morgan fingerprint density at radius 2 is 1.83 bits per heavy atom. The first kappa shape index (κ1) is 34.3. The first-order valence-electron chi connectivity index (χ1n) is 16.6. The van der Waals surface area contributed by atoms with Gasteiger partial charge in [-0.05, 0) is 55.1 Å². The molecule has 1 aromatic heterocycles. The number of fused-ring (bicyclic) bond motifs is 3. The molecule has 2 aromatic rings. The normalized spacial score (nSPS) is 24.0. The number of ether oxygens (including phenoxy) is 4. The quantitative estimate of drug-likeness (QED) is 0.463. The fourth-order valence-corrected chi connectivity index (χ4v) is 7.02. The molecule has 12 nitrogen and oxygen atoms in total. The maximum Gasteiger partial charge on any atom is 0.407 e. The van der Waals surface area contributed by atoms with Gasteiger partial charge in [-0.1, -0.05) is 33.1 Å². The van der Waals surface area contributed by atoms with Crippen LogP contribution in [0.2, 0.25) is 0 Å². The van der Waals surface area contributed by atoms with Gasteiger partial charge in [0.05, 0.1) is 32.9 Å². The van der Waals surface area contributed by atoms with Gasteiger partial charge in [-0.3, -0.25) is 9.59 Å². The van der Waals surface area contributed by atoms with Crippen molar-refractivity contribution >= 4 is 40.6 Å². The third-order valence-electron chi connectivity index (χ3n) is 9.84. The third kappa shape index (κ3) is 7.73. The van der Waals surface area contributed by atoms with Crippen molar-refractivity contribution < 1.29 is 38.1 Å². The van der Waals surface area contributed by atoms with Crippen LogP contribution in [0, 0.1) is 11.3 Å². The minimum absolute atomic E-state index is 0.0807. The van der Waals surface area contributed by atoms with Crippen molar-refractivity contribution in [3.05, 3.63) is 23.8 Å². The zero-order chi connectivity index (χ0) is 33.9. The lowest BCUT2D eigenvalue weighted by Crippen LogP contribution is -2.55. The number of alkyl carbamates (subject to hydrolysis) is 1. The van der Waals surface area contributed by atoms with Crippen molar-refractivity contribution in [2.75, 3.05) is 39.3 Å². The molecule has 3 amide bonds. The fraction of sp³-hybridized carbons (Fsp3) is 0.629. The summed E-state index contributed by atoms with van der Waals surface area (Å²) >= 11 is 0. The number of amides is 3. The number of aryl methyl sites for hydroxylation is 1. The molecule has 12 heteroatoms. The number of pyridine rings is 1. The van der Waals surface area contributed by atoms with Crippen LogP contribution >= 0.6 is 0 Å². The van der Waals surface area contributed by atoms with Gasteiger partial charge in [0.15, 0.2) is 0 Å². The Kier molecular flexibility index (Phi) is 10.5. The molecule has 2 aliphatic heterocycles. The minimum Gasteiger partial charge on any atom is -0.496 e. The lowest BCUT2D eigenvalue weighted by molar-refractivity contribution is -0.152. The second-order valence-electron chi connectivity index (χ2n) is 13.9. The Labute approximate surface area is 276 Å². The van der Waals surface area contributed by atoms with Crippen LogP contribution in [0.15, 0.2) is 18.2 Å². The lowest BCUT2D eigenvalue weighted by atomic mass is 9.83. The van der Waals surface area contributed by atoms with E-state index in [9.17, 15) is 19.2 Å². The molecule has 1 saturated carbocycles. The molecule has 1 N–H and O–H groups in total. The number of nitrogens with zero attached hydrogens (tertiary/aromatic N) is 3. The van der Waals surface area contributed by atoms with E-state index in [1.165, 1.54) is 23.8 Å². The van der Waals surface area contributed by atoms with Gasteiger partial charge < -0.3 is 34.1 Å². The highest BCUT2D eigenvalue weighted by atomic mass is 16.5. The van der Waals surface area contributed by atoms with Crippen LogP contribution in [-0.4, -0.2) is 86.4 Å². The van der Waals surface area contributed by atoms with Crippen LogP contribution in [0.3, 0.4) is 0 Å². The Balaban J connectivity index is 1.60. The van der Waals surface area contributed by atoms with Crippen LogP contribution in [-0.2, 0) is 30.3 Å². The summed E-state index contributed by atoms with van der Waals surface area (Å²) in [5, 5.41) is 3.63. The molecule has 3 heterocycles. The predicted octanol–water partition coefficient (Wildman–Crippen LogP) is 4.79. The van der Waals surface area contributed by atoms with Crippen LogP contribution in [0.5, 0.6) is 11.5 Å². The molecule has 2 fully saturated rings. The largest absolute Gasteiger partial charge is 0.496 e. The van der Waals surface area contributed by atoms with Gasteiger partial charge in [-0.25, -0.2) is 14.6 Å². The van der Waals surface area contributed by atoms with Crippen molar-refractivity contribution in [3.8, 4) is 11.5 Å². The highest BCUT2D eigenvalue weighted by molar-refractivity contribution is 5.95. The van der Waals surface area contributed by atoms with E-state index < -0.39 is 30.3 Å². The molecule has 4 bridgehead atoms. The van der Waals surface area contributed by atoms with Crippen LogP contribution in [0.4, 0.5) is 10.6 Å². The number of rotatable bonds is 4. The van der Waals surface area contributed by atoms with Crippen molar-refractivity contribution in [2.45, 2.75) is 96.7 Å². The smallest absolute Gasteiger partial charge is 0.407 e. The van der Waals surface area contributed by atoms with Crippen LogP contribution in [0.1, 0.15) is 77.7 Å². The number of hydrogen-bond donors (Lipinski definition) is 1. The Hall–Kier alpha value is -4.09. The number of benzene rings is 1. The van der Waals surface area contributed by atoms with E-state index >= 15 is 0 Å². The number of cyclic esters (lactones) is 1. The zero-order valence-electron chi connectivity index (χ0n) is 28.4.